The van der Waals surface area contributed by atoms with E-state index in [-0.39, 0.29) is 6.10 Å². The molecule has 0 unspecified atom stereocenters. The predicted molar refractivity (Wildman–Crippen MR) is 42.5 cm³/mol. The number of rotatable bonds is 4. The molecule has 0 heterocycles. The molecule has 3 nitrogen and oxygen atoms in total. The normalized spacial score (nSPS) is 12.3. The molecule has 0 aliphatic rings. The van der Waals surface area contributed by atoms with Gasteiger partial charge in [-0.1, -0.05) is 13.8 Å². The average molecular weight is 160 g/mol. The molecule has 1 atom stereocenters. The molecule has 11 heavy (non-hydrogen) atoms. The zero-order chi connectivity index (χ0) is 8.69. The standard InChI is InChI=1S/C8H16O3/c1-4-6-10-8(9)11-7(3)5-2/h7H,4-6H2,1-3H3/t7-/m0/s1. The van der Waals surface area contributed by atoms with Crippen LogP contribution in [-0.4, -0.2) is 18.9 Å². The number of carbonyl (C=O) groups is 1. The van der Waals surface area contributed by atoms with E-state index in [2.05, 4.69) is 0 Å². The summed E-state index contributed by atoms with van der Waals surface area (Å²) >= 11 is 0. The van der Waals surface area contributed by atoms with E-state index in [9.17, 15) is 4.79 Å². The molecule has 0 rings (SSSR count). The molecule has 0 aliphatic carbocycles. The summed E-state index contributed by atoms with van der Waals surface area (Å²) in [7, 11) is 0. The second-order valence-electron chi connectivity index (χ2n) is 2.44. The van der Waals surface area contributed by atoms with E-state index >= 15 is 0 Å². The molecule has 0 N–H and O–H groups in total. The summed E-state index contributed by atoms with van der Waals surface area (Å²) in [6.45, 7) is 6.18. The van der Waals surface area contributed by atoms with Gasteiger partial charge < -0.3 is 9.47 Å². The third kappa shape index (κ3) is 5.70. The SMILES string of the molecule is CCCOC(=O)O[C@@H](C)CC. The Balaban J connectivity index is 3.36. The van der Waals surface area contributed by atoms with E-state index < -0.39 is 6.16 Å². The largest absolute Gasteiger partial charge is 0.508 e. The van der Waals surface area contributed by atoms with Crippen LogP contribution in [0.2, 0.25) is 0 Å². The first-order chi connectivity index (χ1) is 5.20. The summed E-state index contributed by atoms with van der Waals surface area (Å²) in [5, 5.41) is 0. The zero-order valence-corrected chi connectivity index (χ0v) is 7.42. The van der Waals surface area contributed by atoms with E-state index in [1.807, 2.05) is 20.8 Å². The first kappa shape index (κ1) is 10.3. The minimum atomic E-state index is -0.554. The van der Waals surface area contributed by atoms with Crippen molar-refractivity contribution in [3.63, 3.8) is 0 Å². The number of ether oxygens (including phenoxy) is 2. The Morgan fingerprint density at radius 1 is 1.45 bits per heavy atom. The highest BCUT2D eigenvalue weighted by atomic mass is 16.7. The maximum absolute atomic E-state index is 10.7. The highest BCUT2D eigenvalue weighted by Gasteiger charge is 2.06. The first-order valence-electron chi connectivity index (χ1n) is 4.04. The summed E-state index contributed by atoms with van der Waals surface area (Å²) in [6, 6.07) is 0. The molecule has 0 radical (unpaired) electrons. The van der Waals surface area contributed by atoms with Gasteiger partial charge in [0.25, 0.3) is 0 Å². The predicted octanol–water partition coefficient (Wildman–Crippen LogP) is 2.35. The lowest BCUT2D eigenvalue weighted by atomic mass is 10.3. The van der Waals surface area contributed by atoms with Gasteiger partial charge in [-0.3, -0.25) is 0 Å². The summed E-state index contributed by atoms with van der Waals surface area (Å²) in [5.41, 5.74) is 0. The topological polar surface area (TPSA) is 35.5 Å². The van der Waals surface area contributed by atoms with E-state index in [0.717, 1.165) is 12.8 Å². The Labute approximate surface area is 67.7 Å². The molecule has 0 saturated carbocycles. The number of hydrogen-bond acceptors (Lipinski definition) is 3. The van der Waals surface area contributed by atoms with Crippen molar-refractivity contribution >= 4 is 6.16 Å². The van der Waals surface area contributed by atoms with Crippen LogP contribution < -0.4 is 0 Å². The van der Waals surface area contributed by atoms with Crippen molar-refractivity contribution in [2.45, 2.75) is 39.7 Å². The molecule has 0 aromatic heterocycles. The minimum Gasteiger partial charge on any atom is -0.434 e. The fourth-order valence-electron chi connectivity index (χ4n) is 0.467. The first-order valence-corrected chi connectivity index (χ1v) is 4.04. The lowest BCUT2D eigenvalue weighted by molar-refractivity contribution is 0.0282. The Morgan fingerprint density at radius 3 is 2.55 bits per heavy atom. The van der Waals surface area contributed by atoms with E-state index in [1.165, 1.54) is 0 Å². The Kier molecular flexibility index (Phi) is 5.61. The Morgan fingerprint density at radius 2 is 2.09 bits per heavy atom. The van der Waals surface area contributed by atoms with Gasteiger partial charge in [0.15, 0.2) is 0 Å². The van der Waals surface area contributed by atoms with E-state index in [0.29, 0.717) is 6.61 Å². The molecular formula is C8H16O3. The molecule has 0 fully saturated rings. The summed E-state index contributed by atoms with van der Waals surface area (Å²) in [5.74, 6) is 0. The second kappa shape index (κ2) is 6.01. The molecule has 0 aromatic carbocycles. The molecule has 0 bridgehead atoms. The van der Waals surface area contributed by atoms with Crippen molar-refractivity contribution in [2.75, 3.05) is 6.61 Å². The zero-order valence-electron chi connectivity index (χ0n) is 7.42. The van der Waals surface area contributed by atoms with Gasteiger partial charge in [-0.25, -0.2) is 4.79 Å². The van der Waals surface area contributed by atoms with Crippen LogP contribution in [0.1, 0.15) is 33.6 Å². The average Bonchev–Trinajstić information content (AvgIpc) is 2.00. The van der Waals surface area contributed by atoms with E-state index in [1.54, 1.807) is 0 Å². The highest BCUT2D eigenvalue weighted by Crippen LogP contribution is 1.98. The third-order valence-electron chi connectivity index (χ3n) is 1.30. The van der Waals surface area contributed by atoms with Gasteiger partial charge in [0, 0.05) is 0 Å². The van der Waals surface area contributed by atoms with Crippen LogP contribution in [0.15, 0.2) is 0 Å². The quantitative estimate of drug-likeness (QED) is 0.592. The molecule has 0 aliphatic heterocycles. The number of hydrogen-bond donors (Lipinski definition) is 0. The summed E-state index contributed by atoms with van der Waals surface area (Å²) < 4.78 is 9.54. The van der Waals surface area contributed by atoms with Gasteiger partial charge >= 0.3 is 6.16 Å². The minimum absolute atomic E-state index is 0.0423. The van der Waals surface area contributed by atoms with Crippen LogP contribution in [0.4, 0.5) is 4.79 Å². The van der Waals surface area contributed by atoms with Crippen LogP contribution >= 0.6 is 0 Å². The van der Waals surface area contributed by atoms with Gasteiger partial charge in [0.2, 0.25) is 0 Å². The Hall–Kier alpha value is -0.730. The fourth-order valence-corrected chi connectivity index (χ4v) is 0.467. The second-order valence-corrected chi connectivity index (χ2v) is 2.44. The molecule has 0 spiro atoms. The van der Waals surface area contributed by atoms with Crippen LogP contribution in [0, 0.1) is 0 Å². The van der Waals surface area contributed by atoms with Gasteiger partial charge in [0.05, 0.1) is 6.61 Å². The number of carbonyl (C=O) groups excluding carboxylic acids is 1. The van der Waals surface area contributed by atoms with Crippen molar-refractivity contribution in [3.8, 4) is 0 Å². The molecule has 66 valence electrons. The van der Waals surface area contributed by atoms with Crippen molar-refractivity contribution < 1.29 is 14.3 Å². The highest BCUT2D eigenvalue weighted by molar-refractivity contribution is 5.59. The maximum Gasteiger partial charge on any atom is 0.508 e. The van der Waals surface area contributed by atoms with Crippen LogP contribution in [0.5, 0.6) is 0 Å². The molecule has 0 saturated heterocycles. The molecule has 0 aromatic rings. The molecule has 0 amide bonds. The van der Waals surface area contributed by atoms with Crippen molar-refractivity contribution in [1.29, 1.82) is 0 Å². The molecule has 3 heteroatoms. The third-order valence-corrected chi connectivity index (χ3v) is 1.30. The van der Waals surface area contributed by atoms with Crippen LogP contribution in [0.3, 0.4) is 0 Å². The van der Waals surface area contributed by atoms with Gasteiger partial charge in [-0.2, -0.15) is 0 Å². The summed E-state index contributed by atoms with van der Waals surface area (Å²) in [4.78, 5) is 10.7. The fraction of sp³-hybridized carbons (Fsp3) is 0.875. The summed E-state index contributed by atoms with van der Waals surface area (Å²) in [6.07, 6.45) is 1.05. The van der Waals surface area contributed by atoms with Crippen molar-refractivity contribution in [3.05, 3.63) is 0 Å². The lowest BCUT2D eigenvalue weighted by Crippen LogP contribution is -2.15. The maximum atomic E-state index is 10.7. The Bertz CT molecular complexity index is 112. The lowest BCUT2D eigenvalue weighted by Gasteiger charge is -2.09. The van der Waals surface area contributed by atoms with E-state index in [4.69, 9.17) is 9.47 Å². The van der Waals surface area contributed by atoms with Crippen LogP contribution in [-0.2, 0) is 9.47 Å². The van der Waals surface area contributed by atoms with Crippen molar-refractivity contribution in [2.24, 2.45) is 0 Å². The smallest absolute Gasteiger partial charge is 0.434 e. The molecular weight excluding hydrogens is 144 g/mol. The van der Waals surface area contributed by atoms with Crippen molar-refractivity contribution in [1.82, 2.24) is 0 Å². The van der Waals surface area contributed by atoms with Gasteiger partial charge in [-0.15, -0.1) is 0 Å². The van der Waals surface area contributed by atoms with Crippen LogP contribution in [0.25, 0.3) is 0 Å². The monoisotopic (exact) mass is 160 g/mol. The van der Waals surface area contributed by atoms with Gasteiger partial charge in [0.1, 0.15) is 6.10 Å². The van der Waals surface area contributed by atoms with Gasteiger partial charge in [-0.05, 0) is 19.8 Å².